The molecule has 1 saturated heterocycles. The van der Waals surface area contributed by atoms with Gasteiger partial charge in [-0.05, 0) is 17.5 Å². The summed E-state index contributed by atoms with van der Waals surface area (Å²) in [6.45, 7) is 8.62. The summed E-state index contributed by atoms with van der Waals surface area (Å²) in [6.07, 6.45) is 1.70. The Morgan fingerprint density at radius 2 is 1.83 bits per heavy atom. The van der Waals surface area contributed by atoms with Gasteiger partial charge in [-0.2, -0.15) is 4.68 Å². The van der Waals surface area contributed by atoms with Crippen molar-refractivity contribution >= 4 is 23.6 Å². The molecule has 29 heavy (non-hydrogen) atoms. The Hall–Kier alpha value is -2.19. The normalized spacial score (nSPS) is 20.7. The van der Waals surface area contributed by atoms with Crippen molar-refractivity contribution < 1.29 is 9.59 Å². The molecule has 2 unspecified atom stereocenters. The van der Waals surface area contributed by atoms with Gasteiger partial charge < -0.3 is 4.90 Å². The third-order valence-electron chi connectivity index (χ3n) is 5.79. The molecule has 0 aliphatic carbocycles. The van der Waals surface area contributed by atoms with Gasteiger partial charge in [-0.1, -0.05) is 49.9 Å². The molecule has 8 heteroatoms. The van der Waals surface area contributed by atoms with Crippen LogP contribution in [0.15, 0.2) is 29.4 Å². The molecule has 2 aromatic rings. The van der Waals surface area contributed by atoms with E-state index in [1.807, 2.05) is 11.8 Å². The quantitative estimate of drug-likeness (QED) is 0.750. The predicted molar refractivity (Wildman–Crippen MR) is 112 cm³/mol. The number of aryl methyl sites for hydroxylation is 2. The van der Waals surface area contributed by atoms with Gasteiger partial charge in [0, 0.05) is 39.5 Å². The number of benzene rings is 1. The van der Waals surface area contributed by atoms with E-state index >= 15 is 0 Å². The van der Waals surface area contributed by atoms with Crippen LogP contribution in [0.3, 0.4) is 0 Å². The molecule has 0 spiro atoms. The summed E-state index contributed by atoms with van der Waals surface area (Å²) in [5.74, 6) is 0.810. The molecule has 7 nitrogen and oxygen atoms in total. The third-order valence-corrected chi connectivity index (χ3v) is 6.98. The highest BCUT2D eigenvalue weighted by Gasteiger charge is 2.43. The molecule has 2 atom stereocenters. The Bertz CT molecular complexity index is 902. The van der Waals surface area contributed by atoms with E-state index < -0.39 is 0 Å². The maximum absolute atomic E-state index is 13.2. The molecule has 1 aromatic carbocycles. The zero-order valence-corrected chi connectivity index (χ0v) is 18.0. The Balaban J connectivity index is 1.63. The summed E-state index contributed by atoms with van der Waals surface area (Å²) in [5.41, 5.74) is 2.41. The van der Waals surface area contributed by atoms with Gasteiger partial charge in [-0.25, -0.2) is 4.98 Å². The number of aromatic nitrogens is 3. The Labute approximate surface area is 175 Å². The second kappa shape index (κ2) is 8.28. The highest BCUT2D eigenvalue weighted by Crippen LogP contribution is 2.41. The van der Waals surface area contributed by atoms with Crippen molar-refractivity contribution in [2.75, 3.05) is 26.2 Å². The second-order valence-corrected chi connectivity index (χ2v) is 8.64. The van der Waals surface area contributed by atoms with Crippen molar-refractivity contribution in [1.82, 2.24) is 24.6 Å². The number of fused-ring (bicyclic) bond motifs is 1. The van der Waals surface area contributed by atoms with Gasteiger partial charge in [0.25, 0.3) is 5.91 Å². The lowest BCUT2D eigenvalue weighted by molar-refractivity contribution is -0.130. The van der Waals surface area contributed by atoms with E-state index in [2.05, 4.69) is 46.2 Å². The molecule has 2 aliphatic rings. The second-order valence-electron chi connectivity index (χ2n) is 7.53. The van der Waals surface area contributed by atoms with E-state index in [1.165, 1.54) is 22.0 Å². The van der Waals surface area contributed by atoms with Crippen molar-refractivity contribution in [3.05, 3.63) is 41.2 Å². The Kier molecular flexibility index (Phi) is 5.74. The first-order chi connectivity index (χ1) is 14.0. The number of thioether (sulfide) groups is 1. The lowest BCUT2D eigenvalue weighted by Crippen LogP contribution is -2.51. The highest BCUT2D eigenvalue weighted by molar-refractivity contribution is 8.00. The van der Waals surface area contributed by atoms with Crippen LogP contribution in [0.2, 0.25) is 0 Å². The number of carbonyl (C=O) groups excluding carboxylic acids is 2. The number of hydrogen-bond donors (Lipinski definition) is 0. The topological polar surface area (TPSA) is 71.3 Å². The van der Waals surface area contributed by atoms with Crippen LogP contribution in [-0.4, -0.2) is 67.8 Å². The van der Waals surface area contributed by atoms with E-state index in [0.29, 0.717) is 30.5 Å². The molecule has 1 fully saturated rings. The van der Waals surface area contributed by atoms with Crippen molar-refractivity contribution in [2.24, 2.45) is 0 Å². The predicted octanol–water partition coefficient (Wildman–Crippen LogP) is 2.42. The van der Waals surface area contributed by atoms with Crippen molar-refractivity contribution in [3.63, 3.8) is 0 Å². The molecule has 4 rings (SSSR count). The maximum Gasteiger partial charge on any atom is 0.264 e. The number of rotatable bonds is 5. The summed E-state index contributed by atoms with van der Waals surface area (Å²) in [5, 5.41) is 4.79. The van der Waals surface area contributed by atoms with Gasteiger partial charge in [0.2, 0.25) is 5.91 Å². The summed E-state index contributed by atoms with van der Waals surface area (Å²) in [4.78, 5) is 33.7. The number of carbonyl (C=O) groups is 2. The number of amides is 1. The lowest BCUT2D eigenvalue weighted by atomic mass is 9.98. The number of piperazine rings is 1. The standard InChI is InChI=1S/C21H27N5O2S/c1-4-15-6-8-16(9-7-15)18(25-12-10-24(11-13-25)14(3)27)19-20(28)26-21(29-19)22-17(5-2)23-26/h6-9,18-19H,4-5,10-13H2,1-3H3. The minimum atomic E-state index is -0.285. The van der Waals surface area contributed by atoms with Gasteiger partial charge in [-0.15, -0.1) is 5.10 Å². The molecule has 154 valence electrons. The Morgan fingerprint density at radius 1 is 1.14 bits per heavy atom. The van der Waals surface area contributed by atoms with Crippen LogP contribution in [0.5, 0.6) is 0 Å². The van der Waals surface area contributed by atoms with Gasteiger partial charge >= 0.3 is 0 Å². The minimum absolute atomic E-state index is 0.00392. The lowest BCUT2D eigenvalue weighted by Gasteiger charge is -2.40. The fourth-order valence-electron chi connectivity index (χ4n) is 4.03. The average Bonchev–Trinajstić information content (AvgIpc) is 3.28. The first kappa shape index (κ1) is 20.1. The van der Waals surface area contributed by atoms with Crippen LogP contribution >= 0.6 is 11.8 Å². The van der Waals surface area contributed by atoms with Crippen molar-refractivity contribution in [2.45, 2.75) is 50.1 Å². The first-order valence-electron chi connectivity index (χ1n) is 10.3. The highest BCUT2D eigenvalue weighted by atomic mass is 32.2. The molecular formula is C21H27N5O2S. The fourth-order valence-corrected chi connectivity index (χ4v) is 5.31. The SMILES string of the molecule is CCc1ccc(C(C2Sc3nc(CC)nn3C2=O)N2CCN(C(C)=O)CC2)cc1. The van der Waals surface area contributed by atoms with E-state index in [0.717, 1.165) is 25.1 Å². The van der Waals surface area contributed by atoms with Crippen LogP contribution < -0.4 is 0 Å². The van der Waals surface area contributed by atoms with Crippen LogP contribution in [0, 0.1) is 0 Å². The summed E-state index contributed by atoms with van der Waals surface area (Å²) < 4.78 is 1.48. The molecule has 1 amide bonds. The fraction of sp³-hybridized carbons (Fsp3) is 0.524. The largest absolute Gasteiger partial charge is 0.340 e. The van der Waals surface area contributed by atoms with Gasteiger partial charge in [0.15, 0.2) is 11.0 Å². The molecule has 2 aliphatic heterocycles. The van der Waals surface area contributed by atoms with E-state index in [9.17, 15) is 9.59 Å². The van der Waals surface area contributed by atoms with Crippen molar-refractivity contribution in [3.8, 4) is 0 Å². The zero-order chi connectivity index (χ0) is 20.5. The van der Waals surface area contributed by atoms with Gasteiger partial charge in [0.1, 0.15) is 5.25 Å². The maximum atomic E-state index is 13.2. The molecule has 3 heterocycles. The first-order valence-corrected chi connectivity index (χ1v) is 11.1. The zero-order valence-electron chi connectivity index (χ0n) is 17.2. The van der Waals surface area contributed by atoms with E-state index in [4.69, 9.17) is 0 Å². The summed E-state index contributed by atoms with van der Waals surface area (Å²) in [6, 6.07) is 8.50. The molecule has 0 bridgehead atoms. The van der Waals surface area contributed by atoms with Crippen LogP contribution in [-0.2, 0) is 17.6 Å². The molecular weight excluding hydrogens is 386 g/mol. The smallest absolute Gasteiger partial charge is 0.264 e. The van der Waals surface area contributed by atoms with Crippen LogP contribution in [0.4, 0.5) is 0 Å². The minimum Gasteiger partial charge on any atom is -0.340 e. The van der Waals surface area contributed by atoms with Gasteiger partial charge in [-0.3, -0.25) is 14.5 Å². The van der Waals surface area contributed by atoms with Crippen LogP contribution in [0.25, 0.3) is 0 Å². The molecule has 0 N–H and O–H groups in total. The number of nitrogens with zero attached hydrogens (tertiary/aromatic N) is 5. The monoisotopic (exact) mass is 413 g/mol. The molecule has 0 saturated carbocycles. The summed E-state index contributed by atoms with van der Waals surface area (Å²) in [7, 11) is 0. The van der Waals surface area contributed by atoms with E-state index in [-0.39, 0.29) is 23.1 Å². The third kappa shape index (κ3) is 3.83. The molecule has 1 aromatic heterocycles. The molecule has 0 radical (unpaired) electrons. The Morgan fingerprint density at radius 3 is 2.38 bits per heavy atom. The van der Waals surface area contributed by atoms with Crippen molar-refractivity contribution in [1.29, 1.82) is 0 Å². The van der Waals surface area contributed by atoms with E-state index in [1.54, 1.807) is 6.92 Å². The average molecular weight is 414 g/mol. The summed E-state index contributed by atoms with van der Waals surface area (Å²) >= 11 is 1.51. The van der Waals surface area contributed by atoms with Crippen LogP contribution in [0.1, 0.15) is 48.6 Å². The number of hydrogen-bond acceptors (Lipinski definition) is 6. The van der Waals surface area contributed by atoms with Gasteiger partial charge in [0.05, 0.1) is 6.04 Å².